The third-order valence-electron chi connectivity index (χ3n) is 2.41. The largest absolute Gasteiger partial charge is 0.309 e. The molecular weight excluding hydrogens is 295 g/mol. The number of hydrogen-bond acceptors (Lipinski definition) is 1. The van der Waals surface area contributed by atoms with Gasteiger partial charge < -0.3 is 5.32 Å². The molecule has 5 heteroatoms. The Hall–Kier alpha value is -0.550. The van der Waals surface area contributed by atoms with E-state index >= 15 is 0 Å². The van der Waals surface area contributed by atoms with Crippen molar-refractivity contribution in [3.63, 3.8) is 0 Å². The fraction of sp³-hybridized carbons (Fsp3) is 0.500. The molecule has 96 valence electrons. The molecule has 0 amide bonds. The molecule has 1 N–H and O–H groups in total. The maximum absolute atomic E-state index is 13.0. The Balaban J connectivity index is 2.74. The first-order valence-corrected chi connectivity index (χ1v) is 6.29. The van der Waals surface area contributed by atoms with Crippen molar-refractivity contribution in [2.45, 2.75) is 32.2 Å². The molecule has 1 aromatic rings. The average Bonchev–Trinajstić information content (AvgIpc) is 2.28. The van der Waals surface area contributed by atoms with E-state index in [9.17, 15) is 13.2 Å². The zero-order valence-corrected chi connectivity index (χ0v) is 11.1. The van der Waals surface area contributed by atoms with Crippen LogP contribution in [0, 0.1) is 5.82 Å². The number of benzene rings is 1. The predicted octanol–water partition coefficient (Wildman–Crippen LogP) is 3.76. The maximum Gasteiger partial charge on any atom is 0.254 e. The van der Waals surface area contributed by atoms with Gasteiger partial charge in [0.2, 0.25) is 0 Å². The van der Waals surface area contributed by atoms with Gasteiger partial charge >= 0.3 is 0 Å². The zero-order valence-electron chi connectivity index (χ0n) is 9.52. The average molecular weight is 310 g/mol. The molecule has 0 heterocycles. The Labute approximate surface area is 108 Å². The van der Waals surface area contributed by atoms with Gasteiger partial charge in [0, 0.05) is 4.47 Å². The first-order valence-electron chi connectivity index (χ1n) is 5.50. The lowest BCUT2D eigenvalue weighted by Gasteiger charge is -2.18. The highest BCUT2D eigenvalue weighted by atomic mass is 79.9. The monoisotopic (exact) mass is 309 g/mol. The van der Waals surface area contributed by atoms with Gasteiger partial charge in [-0.3, -0.25) is 0 Å². The first kappa shape index (κ1) is 14.5. The summed E-state index contributed by atoms with van der Waals surface area (Å²) in [5, 5.41) is 2.77. The molecule has 1 rings (SSSR count). The van der Waals surface area contributed by atoms with Crippen molar-refractivity contribution < 1.29 is 13.2 Å². The van der Waals surface area contributed by atoms with Crippen LogP contribution < -0.4 is 5.32 Å². The summed E-state index contributed by atoms with van der Waals surface area (Å²) in [6.07, 6.45) is -1.57. The van der Waals surface area contributed by atoms with Gasteiger partial charge in [0.25, 0.3) is 6.43 Å². The molecule has 0 bridgehead atoms. The van der Waals surface area contributed by atoms with Crippen molar-refractivity contribution in [2.24, 2.45) is 0 Å². The van der Waals surface area contributed by atoms with Crippen LogP contribution in [0.4, 0.5) is 13.2 Å². The molecule has 17 heavy (non-hydrogen) atoms. The van der Waals surface area contributed by atoms with Crippen molar-refractivity contribution >= 4 is 15.9 Å². The topological polar surface area (TPSA) is 12.0 Å². The van der Waals surface area contributed by atoms with E-state index in [0.29, 0.717) is 16.6 Å². The molecule has 1 atom stereocenters. The van der Waals surface area contributed by atoms with E-state index in [-0.39, 0.29) is 6.42 Å². The maximum atomic E-state index is 13.0. The number of rotatable bonds is 6. The molecule has 0 fully saturated rings. The molecule has 0 spiro atoms. The molecule has 0 aliphatic heterocycles. The van der Waals surface area contributed by atoms with Crippen LogP contribution in [0.15, 0.2) is 22.7 Å². The molecule has 0 saturated heterocycles. The van der Waals surface area contributed by atoms with Crippen LogP contribution in [0.3, 0.4) is 0 Å². The van der Waals surface area contributed by atoms with Gasteiger partial charge in [-0.05, 0) is 43.1 Å². The van der Waals surface area contributed by atoms with Crippen molar-refractivity contribution in [3.8, 4) is 0 Å². The Morgan fingerprint density at radius 1 is 1.35 bits per heavy atom. The molecule has 1 aromatic carbocycles. The van der Waals surface area contributed by atoms with Crippen LogP contribution in [0.1, 0.15) is 18.9 Å². The van der Waals surface area contributed by atoms with E-state index in [2.05, 4.69) is 21.2 Å². The minimum absolute atomic E-state index is 0.107. The molecule has 1 unspecified atom stereocenters. The van der Waals surface area contributed by atoms with Gasteiger partial charge in [-0.2, -0.15) is 0 Å². The summed E-state index contributed by atoms with van der Waals surface area (Å²) < 4.78 is 39.2. The Bertz CT molecular complexity index is 358. The molecule has 0 aliphatic carbocycles. The van der Waals surface area contributed by atoms with E-state index < -0.39 is 18.3 Å². The highest BCUT2D eigenvalue weighted by Gasteiger charge is 2.20. The van der Waals surface area contributed by atoms with E-state index in [4.69, 9.17) is 0 Å². The first-order chi connectivity index (χ1) is 8.04. The van der Waals surface area contributed by atoms with Crippen molar-refractivity contribution in [1.82, 2.24) is 5.32 Å². The second-order valence-electron chi connectivity index (χ2n) is 3.83. The fourth-order valence-corrected chi connectivity index (χ4v) is 1.93. The summed E-state index contributed by atoms with van der Waals surface area (Å²) in [6.45, 7) is 2.44. The Morgan fingerprint density at radius 2 is 2.06 bits per heavy atom. The Kier molecular flexibility index (Phi) is 5.98. The molecule has 0 radical (unpaired) electrons. The third-order valence-corrected chi connectivity index (χ3v) is 3.18. The summed E-state index contributed by atoms with van der Waals surface area (Å²) >= 11 is 3.24. The van der Waals surface area contributed by atoms with Crippen LogP contribution in [-0.2, 0) is 6.42 Å². The van der Waals surface area contributed by atoms with Crippen LogP contribution >= 0.6 is 15.9 Å². The van der Waals surface area contributed by atoms with Crippen LogP contribution in [0.2, 0.25) is 0 Å². The molecule has 0 saturated carbocycles. The minimum Gasteiger partial charge on any atom is -0.309 e. The van der Waals surface area contributed by atoms with Crippen LogP contribution in [0.25, 0.3) is 0 Å². The van der Waals surface area contributed by atoms with Crippen molar-refractivity contribution in [3.05, 3.63) is 34.1 Å². The van der Waals surface area contributed by atoms with Crippen LogP contribution in [-0.4, -0.2) is 19.0 Å². The zero-order chi connectivity index (χ0) is 12.8. The summed E-state index contributed by atoms with van der Waals surface area (Å²) in [4.78, 5) is 0. The van der Waals surface area contributed by atoms with Crippen molar-refractivity contribution in [1.29, 1.82) is 0 Å². The fourth-order valence-electron chi connectivity index (χ4n) is 1.52. The lowest BCUT2D eigenvalue weighted by molar-refractivity contribution is 0.0982. The van der Waals surface area contributed by atoms with Gasteiger partial charge in [0.15, 0.2) is 0 Å². The second kappa shape index (κ2) is 7.01. The smallest absolute Gasteiger partial charge is 0.254 e. The molecule has 0 aromatic heterocycles. The van der Waals surface area contributed by atoms with Gasteiger partial charge in [-0.1, -0.05) is 22.9 Å². The van der Waals surface area contributed by atoms with E-state index in [0.717, 1.165) is 6.42 Å². The standard InChI is InChI=1S/C12H15BrF3N/c1-2-5-17-11(12(15)16)7-8-6-9(14)3-4-10(8)13/h3-4,6,11-12,17H,2,5,7H2,1H3. The molecule has 1 nitrogen and oxygen atoms in total. The van der Waals surface area contributed by atoms with Gasteiger partial charge in [0.1, 0.15) is 5.82 Å². The van der Waals surface area contributed by atoms with Crippen LogP contribution in [0.5, 0.6) is 0 Å². The highest BCUT2D eigenvalue weighted by Crippen LogP contribution is 2.21. The third kappa shape index (κ3) is 4.68. The number of alkyl halides is 2. The number of halogens is 4. The van der Waals surface area contributed by atoms with Gasteiger partial charge in [-0.25, -0.2) is 13.2 Å². The van der Waals surface area contributed by atoms with E-state index in [1.54, 1.807) is 0 Å². The predicted molar refractivity (Wildman–Crippen MR) is 65.9 cm³/mol. The SMILES string of the molecule is CCCNC(Cc1cc(F)ccc1Br)C(F)F. The minimum atomic E-state index is -2.46. The summed E-state index contributed by atoms with van der Waals surface area (Å²) in [5.74, 6) is -0.410. The van der Waals surface area contributed by atoms with Crippen molar-refractivity contribution in [2.75, 3.05) is 6.54 Å². The van der Waals surface area contributed by atoms with Gasteiger partial charge in [-0.15, -0.1) is 0 Å². The number of nitrogens with one attached hydrogen (secondary N) is 1. The summed E-state index contributed by atoms with van der Waals surface area (Å²) in [7, 11) is 0. The molecule has 0 aliphatic rings. The summed E-state index contributed by atoms with van der Waals surface area (Å²) in [5.41, 5.74) is 0.555. The van der Waals surface area contributed by atoms with E-state index in [1.807, 2.05) is 6.92 Å². The lowest BCUT2D eigenvalue weighted by Crippen LogP contribution is -2.38. The quantitative estimate of drug-likeness (QED) is 0.843. The Morgan fingerprint density at radius 3 is 2.65 bits per heavy atom. The lowest BCUT2D eigenvalue weighted by atomic mass is 10.1. The normalized spacial score (nSPS) is 13.1. The summed E-state index contributed by atoms with van der Waals surface area (Å²) in [6, 6.07) is 3.18. The van der Waals surface area contributed by atoms with E-state index in [1.165, 1.54) is 18.2 Å². The number of hydrogen-bond donors (Lipinski definition) is 1. The highest BCUT2D eigenvalue weighted by molar-refractivity contribution is 9.10. The van der Waals surface area contributed by atoms with Gasteiger partial charge in [0.05, 0.1) is 6.04 Å². The second-order valence-corrected chi connectivity index (χ2v) is 4.69. The molecular formula is C12H15BrF3N.